The van der Waals surface area contributed by atoms with Crippen molar-refractivity contribution in [2.45, 2.75) is 13.3 Å². The van der Waals surface area contributed by atoms with Crippen molar-refractivity contribution < 1.29 is 9.18 Å². The zero-order valence-electron chi connectivity index (χ0n) is 11.3. The molecule has 0 aliphatic heterocycles. The third kappa shape index (κ3) is 3.15. The van der Waals surface area contributed by atoms with Gasteiger partial charge in [-0.1, -0.05) is 24.3 Å². The predicted molar refractivity (Wildman–Crippen MR) is 79.0 cm³/mol. The molecule has 4 heteroatoms. The van der Waals surface area contributed by atoms with E-state index in [0.29, 0.717) is 23.5 Å². The van der Waals surface area contributed by atoms with Gasteiger partial charge in [0.25, 0.3) is 0 Å². The summed E-state index contributed by atoms with van der Waals surface area (Å²) < 4.78 is 13.1. The number of nitrogen functional groups attached to an aromatic ring is 1. The van der Waals surface area contributed by atoms with Crippen LogP contribution in [0.4, 0.5) is 15.8 Å². The van der Waals surface area contributed by atoms with Gasteiger partial charge in [0.05, 0.1) is 17.8 Å². The third-order valence-electron chi connectivity index (χ3n) is 3.09. The van der Waals surface area contributed by atoms with Crippen molar-refractivity contribution in [3.8, 4) is 0 Å². The molecule has 0 fully saturated rings. The van der Waals surface area contributed by atoms with Crippen LogP contribution in [0.25, 0.3) is 0 Å². The number of nitrogens with two attached hydrogens (primary N) is 1. The Labute approximate surface area is 117 Å². The summed E-state index contributed by atoms with van der Waals surface area (Å²) in [6.45, 7) is 2.40. The summed E-state index contributed by atoms with van der Waals surface area (Å²) in [7, 11) is 0. The quantitative estimate of drug-likeness (QED) is 0.870. The minimum absolute atomic E-state index is 0.101. The molecule has 0 unspecified atom stereocenters. The number of anilines is 2. The van der Waals surface area contributed by atoms with Crippen LogP contribution in [0.5, 0.6) is 0 Å². The van der Waals surface area contributed by atoms with Crippen molar-refractivity contribution in [3.63, 3.8) is 0 Å². The molecule has 2 aromatic rings. The van der Waals surface area contributed by atoms with E-state index in [0.717, 1.165) is 0 Å². The Balaban J connectivity index is 2.20. The number of benzene rings is 2. The van der Waals surface area contributed by atoms with Gasteiger partial charge >= 0.3 is 0 Å². The van der Waals surface area contributed by atoms with Crippen molar-refractivity contribution in [3.05, 3.63) is 59.9 Å². The number of amides is 1. The number of halogens is 1. The van der Waals surface area contributed by atoms with Gasteiger partial charge in [0.2, 0.25) is 5.91 Å². The zero-order valence-corrected chi connectivity index (χ0v) is 11.3. The van der Waals surface area contributed by atoms with Crippen LogP contribution in [0.2, 0.25) is 0 Å². The van der Waals surface area contributed by atoms with Gasteiger partial charge in [-0.25, -0.2) is 4.39 Å². The number of hydrogen-bond donors (Lipinski definition) is 1. The van der Waals surface area contributed by atoms with Crippen molar-refractivity contribution in [2.24, 2.45) is 0 Å². The van der Waals surface area contributed by atoms with Crippen LogP contribution < -0.4 is 10.6 Å². The lowest BCUT2D eigenvalue weighted by atomic mass is 10.1. The second kappa shape index (κ2) is 6.19. The maximum atomic E-state index is 13.1. The molecule has 0 saturated heterocycles. The Morgan fingerprint density at radius 3 is 2.60 bits per heavy atom. The van der Waals surface area contributed by atoms with Crippen LogP contribution in [0.1, 0.15) is 12.5 Å². The minimum atomic E-state index is -0.336. The van der Waals surface area contributed by atoms with Crippen LogP contribution in [0.3, 0.4) is 0 Å². The Hall–Kier alpha value is -2.36. The van der Waals surface area contributed by atoms with Gasteiger partial charge in [0, 0.05) is 6.54 Å². The minimum Gasteiger partial charge on any atom is -0.397 e. The largest absolute Gasteiger partial charge is 0.397 e. The molecule has 0 atom stereocenters. The first kappa shape index (κ1) is 14.1. The van der Waals surface area contributed by atoms with Crippen LogP contribution >= 0.6 is 0 Å². The van der Waals surface area contributed by atoms with Gasteiger partial charge in [-0.05, 0) is 36.8 Å². The average molecular weight is 272 g/mol. The molecule has 0 radical (unpaired) electrons. The molecule has 3 nitrogen and oxygen atoms in total. The van der Waals surface area contributed by atoms with E-state index in [9.17, 15) is 9.18 Å². The summed E-state index contributed by atoms with van der Waals surface area (Å²) in [4.78, 5) is 14.0. The SMILES string of the molecule is CCN(C(=O)Cc1cccc(F)c1)c1ccccc1N. The maximum Gasteiger partial charge on any atom is 0.231 e. The molecule has 0 spiro atoms. The number of hydrogen-bond acceptors (Lipinski definition) is 2. The van der Waals surface area contributed by atoms with E-state index in [-0.39, 0.29) is 18.1 Å². The molecule has 2 aromatic carbocycles. The van der Waals surface area contributed by atoms with Gasteiger partial charge in [0.1, 0.15) is 5.82 Å². The summed E-state index contributed by atoms with van der Waals surface area (Å²) in [5.41, 5.74) is 7.80. The fourth-order valence-corrected chi connectivity index (χ4v) is 2.13. The second-order valence-electron chi connectivity index (χ2n) is 4.50. The lowest BCUT2D eigenvalue weighted by Crippen LogP contribution is -2.32. The lowest BCUT2D eigenvalue weighted by molar-refractivity contribution is -0.117. The zero-order chi connectivity index (χ0) is 14.5. The van der Waals surface area contributed by atoms with E-state index in [2.05, 4.69) is 0 Å². The van der Waals surface area contributed by atoms with E-state index in [1.54, 1.807) is 23.1 Å². The van der Waals surface area contributed by atoms with Crippen LogP contribution in [-0.4, -0.2) is 12.5 Å². The van der Waals surface area contributed by atoms with E-state index in [1.165, 1.54) is 12.1 Å². The summed E-state index contributed by atoms with van der Waals surface area (Å²) in [6.07, 6.45) is 0.153. The standard InChI is InChI=1S/C16H17FN2O/c1-2-19(15-9-4-3-8-14(15)18)16(20)11-12-6-5-7-13(17)10-12/h3-10H,2,11,18H2,1H3. The van der Waals surface area contributed by atoms with Crippen molar-refractivity contribution >= 4 is 17.3 Å². The van der Waals surface area contributed by atoms with E-state index in [1.807, 2.05) is 25.1 Å². The van der Waals surface area contributed by atoms with E-state index >= 15 is 0 Å². The molecule has 2 N–H and O–H groups in total. The first-order valence-corrected chi connectivity index (χ1v) is 6.51. The van der Waals surface area contributed by atoms with Gasteiger partial charge < -0.3 is 10.6 Å². The molecule has 0 aliphatic rings. The van der Waals surface area contributed by atoms with E-state index in [4.69, 9.17) is 5.73 Å². The maximum absolute atomic E-state index is 13.1. The fraction of sp³-hybridized carbons (Fsp3) is 0.188. The molecule has 0 aromatic heterocycles. The number of carbonyl (C=O) groups is 1. The Kier molecular flexibility index (Phi) is 4.35. The second-order valence-corrected chi connectivity index (χ2v) is 4.50. The smallest absolute Gasteiger partial charge is 0.231 e. The monoisotopic (exact) mass is 272 g/mol. The van der Waals surface area contributed by atoms with Crippen LogP contribution in [-0.2, 0) is 11.2 Å². The predicted octanol–water partition coefficient (Wildman–Crippen LogP) is 3.00. The van der Waals surface area contributed by atoms with Crippen LogP contribution in [0, 0.1) is 5.82 Å². The molecule has 0 bridgehead atoms. The first-order valence-electron chi connectivity index (χ1n) is 6.51. The van der Waals surface area contributed by atoms with E-state index < -0.39 is 0 Å². The highest BCUT2D eigenvalue weighted by atomic mass is 19.1. The average Bonchev–Trinajstić information content (AvgIpc) is 2.41. The highest BCUT2D eigenvalue weighted by Gasteiger charge is 2.16. The van der Waals surface area contributed by atoms with Gasteiger partial charge in [-0.15, -0.1) is 0 Å². The summed E-state index contributed by atoms with van der Waals surface area (Å²) in [5, 5.41) is 0. The molecular formula is C16H17FN2O. The van der Waals surface area contributed by atoms with Crippen molar-refractivity contribution in [2.75, 3.05) is 17.2 Å². The molecule has 0 saturated carbocycles. The number of nitrogens with zero attached hydrogens (tertiary/aromatic N) is 1. The number of rotatable bonds is 4. The fourth-order valence-electron chi connectivity index (χ4n) is 2.13. The Bertz CT molecular complexity index is 613. The highest BCUT2D eigenvalue weighted by molar-refractivity contribution is 5.97. The number of carbonyl (C=O) groups excluding carboxylic acids is 1. The van der Waals surface area contributed by atoms with Crippen molar-refractivity contribution in [1.82, 2.24) is 0 Å². The molecule has 20 heavy (non-hydrogen) atoms. The van der Waals surface area contributed by atoms with Gasteiger partial charge in [-0.3, -0.25) is 4.79 Å². The third-order valence-corrected chi connectivity index (χ3v) is 3.09. The first-order chi connectivity index (χ1) is 9.61. The summed E-state index contributed by atoms with van der Waals surface area (Å²) in [5.74, 6) is -0.437. The molecule has 104 valence electrons. The molecule has 1 amide bonds. The Morgan fingerprint density at radius 1 is 1.20 bits per heavy atom. The number of para-hydroxylation sites is 2. The highest BCUT2D eigenvalue weighted by Crippen LogP contribution is 2.23. The van der Waals surface area contributed by atoms with Gasteiger partial charge in [0.15, 0.2) is 0 Å². The molecular weight excluding hydrogens is 255 g/mol. The van der Waals surface area contributed by atoms with Gasteiger partial charge in [-0.2, -0.15) is 0 Å². The number of likely N-dealkylation sites (N-methyl/N-ethyl adjacent to an activating group) is 1. The summed E-state index contributed by atoms with van der Waals surface area (Å²) >= 11 is 0. The topological polar surface area (TPSA) is 46.3 Å². The molecule has 0 aliphatic carbocycles. The summed E-state index contributed by atoms with van der Waals surface area (Å²) in [6, 6.07) is 13.3. The van der Waals surface area contributed by atoms with Crippen molar-refractivity contribution in [1.29, 1.82) is 0 Å². The normalized spacial score (nSPS) is 10.3. The molecule has 2 rings (SSSR count). The molecule has 0 heterocycles. The Morgan fingerprint density at radius 2 is 1.95 bits per heavy atom. The van der Waals surface area contributed by atoms with Crippen LogP contribution in [0.15, 0.2) is 48.5 Å². The lowest BCUT2D eigenvalue weighted by Gasteiger charge is -2.22.